The summed E-state index contributed by atoms with van der Waals surface area (Å²) < 4.78 is 26.8. The highest BCUT2D eigenvalue weighted by molar-refractivity contribution is 7.93. The molecule has 1 heterocycles. The summed E-state index contributed by atoms with van der Waals surface area (Å²) in [5.74, 6) is -0.100. The molecule has 124 valence electrons. The number of nitrogens with one attached hydrogen (secondary N) is 2. The standard InChI is InChI=1S/C15H19N3O3S2/c1-4-15(2,3)13(19)17-11-5-7-12(8-6-11)23(20,21)18-14-16-9-10-22-14/h5-10H,4H2,1-3H3,(H,16,18)(H,17,19). The molecular weight excluding hydrogens is 334 g/mol. The quantitative estimate of drug-likeness (QED) is 0.834. The Kier molecular flexibility index (Phi) is 5.06. The van der Waals surface area contributed by atoms with E-state index in [1.165, 1.54) is 29.7 Å². The molecule has 8 heteroatoms. The maximum atomic E-state index is 12.2. The first-order valence-corrected chi connectivity index (χ1v) is 9.45. The fourth-order valence-corrected chi connectivity index (χ4v) is 3.41. The van der Waals surface area contributed by atoms with Crippen LogP contribution in [0.5, 0.6) is 0 Å². The van der Waals surface area contributed by atoms with Gasteiger partial charge in [0.2, 0.25) is 5.91 Å². The molecule has 0 aliphatic heterocycles. The van der Waals surface area contributed by atoms with Crippen molar-refractivity contribution in [3.8, 4) is 0 Å². The lowest BCUT2D eigenvalue weighted by atomic mass is 9.89. The van der Waals surface area contributed by atoms with Gasteiger partial charge in [-0.2, -0.15) is 0 Å². The minimum absolute atomic E-state index is 0.100. The van der Waals surface area contributed by atoms with Gasteiger partial charge in [0, 0.05) is 22.7 Å². The molecule has 23 heavy (non-hydrogen) atoms. The van der Waals surface area contributed by atoms with Crippen molar-refractivity contribution >= 4 is 38.1 Å². The number of hydrogen-bond donors (Lipinski definition) is 2. The minimum atomic E-state index is -3.68. The first-order valence-electron chi connectivity index (χ1n) is 7.08. The number of hydrogen-bond acceptors (Lipinski definition) is 5. The Bertz CT molecular complexity index is 767. The van der Waals surface area contributed by atoms with Gasteiger partial charge in [-0.15, -0.1) is 11.3 Å². The van der Waals surface area contributed by atoms with Gasteiger partial charge in [-0.25, -0.2) is 13.4 Å². The van der Waals surface area contributed by atoms with E-state index in [1.54, 1.807) is 17.5 Å². The maximum absolute atomic E-state index is 12.2. The molecule has 0 saturated heterocycles. The molecule has 0 bridgehead atoms. The topological polar surface area (TPSA) is 88.2 Å². The van der Waals surface area contributed by atoms with Crippen molar-refractivity contribution in [1.29, 1.82) is 0 Å². The van der Waals surface area contributed by atoms with E-state index in [4.69, 9.17) is 0 Å². The molecule has 0 atom stereocenters. The highest BCUT2D eigenvalue weighted by Gasteiger charge is 2.25. The highest BCUT2D eigenvalue weighted by Crippen LogP contribution is 2.23. The molecule has 6 nitrogen and oxygen atoms in total. The first kappa shape index (κ1) is 17.4. The van der Waals surface area contributed by atoms with E-state index in [1.807, 2.05) is 20.8 Å². The van der Waals surface area contributed by atoms with E-state index in [0.29, 0.717) is 17.2 Å². The van der Waals surface area contributed by atoms with Crippen molar-refractivity contribution in [2.45, 2.75) is 32.1 Å². The summed E-state index contributed by atoms with van der Waals surface area (Å²) in [5.41, 5.74) is 0.0849. The van der Waals surface area contributed by atoms with E-state index in [2.05, 4.69) is 15.0 Å². The molecule has 0 aliphatic rings. The van der Waals surface area contributed by atoms with Crippen LogP contribution in [-0.2, 0) is 14.8 Å². The Balaban J connectivity index is 2.12. The van der Waals surface area contributed by atoms with Crippen molar-refractivity contribution in [3.05, 3.63) is 35.8 Å². The number of benzene rings is 1. The molecule has 2 N–H and O–H groups in total. The summed E-state index contributed by atoms with van der Waals surface area (Å²) in [4.78, 5) is 16.1. The van der Waals surface area contributed by atoms with E-state index in [0.717, 1.165) is 0 Å². The number of aromatic nitrogens is 1. The van der Waals surface area contributed by atoms with Crippen molar-refractivity contribution in [1.82, 2.24) is 4.98 Å². The van der Waals surface area contributed by atoms with Gasteiger partial charge in [0.15, 0.2) is 5.13 Å². The Labute approximate surface area is 140 Å². The zero-order valence-corrected chi connectivity index (χ0v) is 14.8. The van der Waals surface area contributed by atoms with Crippen molar-refractivity contribution in [3.63, 3.8) is 0 Å². The second-order valence-electron chi connectivity index (χ2n) is 5.66. The van der Waals surface area contributed by atoms with Crippen LogP contribution in [0, 0.1) is 5.41 Å². The molecule has 0 radical (unpaired) electrons. The predicted octanol–water partition coefficient (Wildman–Crippen LogP) is 3.32. The summed E-state index contributed by atoms with van der Waals surface area (Å²) in [6.45, 7) is 5.66. The molecule has 0 spiro atoms. The monoisotopic (exact) mass is 353 g/mol. The normalized spacial score (nSPS) is 12.0. The Hall–Kier alpha value is -1.93. The number of amides is 1. The number of carbonyl (C=O) groups is 1. The fraction of sp³-hybridized carbons (Fsp3) is 0.333. The molecule has 0 saturated carbocycles. The average Bonchev–Trinajstić information content (AvgIpc) is 3.00. The number of carbonyl (C=O) groups excluding carboxylic acids is 1. The lowest BCUT2D eigenvalue weighted by Gasteiger charge is -2.21. The van der Waals surface area contributed by atoms with Crippen LogP contribution in [0.25, 0.3) is 0 Å². The van der Waals surface area contributed by atoms with Gasteiger partial charge in [0.1, 0.15) is 0 Å². The summed E-state index contributed by atoms with van der Waals surface area (Å²) >= 11 is 1.20. The van der Waals surface area contributed by atoms with Crippen LogP contribution in [0.2, 0.25) is 0 Å². The Morgan fingerprint density at radius 2 is 1.91 bits per heavy atom. The summed E-state index contributed by atoms with van der Waals surface area (Å²) in [6, 6.07) is 6.04. The average molecular weight is 353 g/mol. The number of nitrogens with zero attached hydrogens (tertiary/aromatic N) is 1. The van der Waals surface area contributed by atoms with Gasteiger partial charge in [-0.05, 0) is 30.7 Å². The van der Waals surface area contributed by atoms with Crippen molar-refractivity contribution in [2.24, 2.45) is 5.41 Å². The van der Waals surface area contributed by atoms with E-state index >= 15 is 0 Å². The zero-order valence-electron chi connectivity index (χ0n) is 13.2. The van der Waals surface area contributed by atoms with Crippen LogP contribution in [0.1, 0.15) is 27.2 Å². The SMILES string of the molecule is CCC(C)(C)C(=O)Nc1ccc(S(=O)(=O)Nc2nccs2)cc1. The van der Waals surface area contributed by atoms with Gasteiger partial charge in [0.25, 0.3) is 10.0 Å². The Morgan fingerprint density at radius 1 is 1.26 bits per heavy atom. The fourth-order valence-electron chi connectivity index (χ4n) is 1.63. The van der Waals surface area contributed by atoms with Crippen LogP contribution in [0.3, 0.4) is 0 Å². The predicted molar refractivity (Wildman–Crippen MR) is 92.1 cm³/mol. The number of sulfonamides is 1. The smallest absolute Gasteiger partial charge is 0.263 e. The number of anilines is 2. The molecule has 1 aromatic heterocycles. The molecule has 0 fully saturated rings. The van der Waals surface area contributed by atoms with Crippen LogP contribution < -0.4 is 10.0 Å². The molecule has 1 aromatic carbocycles. The second-order valence-corrected chi connectivity index (χ2v) is 8.24. The molecule has 2 rings (SSSR count). The summed E-state index contributed by atoms with van der Waals surface area (Å²) in [7, 11) is -3.68. The highest BCUT2D eigenvalue weighted by atomic mass is 32.2. The summed E-state index contributed by atoms with van der Waals surface area (Å²) in [6.07, 6.45) is 2.24. The van der Waals surface area contributed by atoms with E-state index in [9.17, 15) is 13.2 Å². The third-order valence-corrected chi connectivity index (χ3v) is 5.75. The van der Waals surface area contributed by atoms with Gasteiger partial charge in [-0.3, -0.25) is 9.52 Å². The number of thiazole rings is 1. The molecule has 2 aromatic rings. The van der Waals surface area contributed by atoms with Crippen LogP contribution in [0.15, 0.2) is 40.7 Å². The van der Waals surface area contributed by atoms with E-state index in [-0.39, 0.29) is 10.8 Å². The van der Waals surface area contributed by atoms with Gasteiger partial charge < -0.3 is 5.32 Å². The minimum Gasteiger partial charge on any atom is -0.326 e. The van der Waals surface area contributed by atoms with E-state index < -0.39 is 15.4 Å². The van der Waals surface area contributed by atoms with Gasteiger partial charge in [-0.1, -0.05) is 20.8 Å². The third-order valence-electron chi connectivity index (χ3n) is 3.58. The van der Waals surface area contributed by atoms with Crippen molar-refractivity contribution in [2.75, 3.05) is 10.0 Å². The van der Waals surface area contributed by atoms with Crippen LogP contribution in [-0.4, -0.2) is 19.3 Å². The maximum Gasteiger partial charge on any atom is 0.263 e. The van der Waals surface area contributed by atoms with Crippen LogP contribution >= 0.6 is 11.3 Å². The molecular formula is C15H19N3O3S2. The molecule has 1 amide bonds. The molecule has 0 unspecified atom stereocenters. The van der Waals surface area contributed by atoms with Gasteiger partial charge in [0.05, 0.1) is 4.90 Å². The van der Waals surface area contributed by atoms with Crippen molar-refractivity contribution < 1.29 is 13.2 Å². The lowest BCUT2D eigenvalue weighted by Crippen LogP contribution is -2.29. The summed E-state index contributed by atoms with van der Waals surface area (Å²) in [5, 5.41) is 4.79. The lowest BCUT2D eigenvalue weighted by molar-refractivity contribution is -0.124. The van der Waals surface area contributed by atoms with Crippen LogP contribution in [0.4, 0.5) is 10.8 Å². The zero-order chi connectivity index (χ0) is 17.1. The first-order chi connectivity index (χ1) is 10.7. The molecule has 0 aliphatic carbocycles. The van der Waals surface area contributed by atoms with Gasteiger partial charge >= 0.3 is 0 Å². The number of rotatable bonds is 6. The Morgan fingerprint density at radius 3 is 2.43 bits per heavy atom. The third kappa shape index (κ3) is 4.29. The largest absolute Gasteiger partial charge is 0.326 e. The second kappa shape index (κ2) is 6.67.